The Morgan fingerprint density at radius 2 is 1.33 bits per heavy atom. The Balaban J connectivity index is 2.31. The van der Waals surface area contributed by atoms with Crippen LogP contribution in [0.2, 0.25) is 0 Å². The summed E-state index contributed by atoms with van der Waals surface area (Å²) in [5.41, 5.74) is -1.42. The molecule has 21 heavy (non-hydrogen) atoms. The number of hydrogen-bond donors (Lipinski definition) is 0. The van der Waals surface area contributed by atoms with Crippen molar-refractivity contribution in [2.24, 2.45) is 0 Å². The zero-order chi connectivity index (χ0) is 15.6. The third-order valence-electron chi connectivity index (χ3n) is 2.60. The lowest BCUT2D eigenvalue weighted by atomic mass is 10.2. The van der Waals surface area contributed by atoms with Crippen molar-refractivity contribution in [3.8, 4) is 17.2 Å². The Morgan fingerprint density at radius 1 is 0.857 bits per heavy atom. The van der Waals surface area contributed by atoms with Crippen LogP contribution in [0, 0.1) is 11.6 Å². The van der Waals surface area contributed by atoms with E-state index in [0.717, 1.165) is 0 Å². The molecule has 0 N–H and O–H groups in total. The minimum Gasteiger partial charge on any atom is -0.497 e. The molecule has 0 spiro atoms. The van der Waals surface area contributed by atoms with Crippen LogP contribution < -0.4 is 9.47 Å². The average molecular weight is 304 g/mol. The summed E-state index contributed by atoms with van der Waals surface area (Å²) in [5.74, 6) is -3.20. The van der Waals surface area contributed by atoms with E-state index in [1.165, 1.54) is 31.4 Å². The van der Waals surface area contributed by atoms with E-state index in [9.17, 15) is 22.0 Å². The maximum atomic E-state index is 13.6. The fourth-order valence-electron chi connectivity index (χ4n) is 1.58. The summed E-state index contributed by atoms with van der Waals surface area (Å²) in [6.45, 7) is 0. The van der Waals surface area contributed by atoms with Crippen molar-refractivity contribution in [3.05, 3.63) is 53.6 Å². The maximum absolute atomic E-state index is 13.6. The number of ether oxygens (including phenoxy) is 2. The smallest absolute Gasteiger partial charge is 0.416 e. The number of benzene rings is 2. The first-order valence-electron chi connectivity index (χ1n) is 5.69. The third-order valence-corrected chi connectivity index (χ3v) is 2.60. The lowest BCUT2D eigenvalue weighted by Crippen LogP contribution is -2.07. The molecule has 0 aliphatic rings. The minimum absolute atomic E-state index is 0.0633. The van der Waals surface area contributed by atoms with Crippen LogP contribution in [0.3, 0.4) is 0 Å². The Morgan fingerprint density at radius 3 is 1.76 bits per heavy atom. The van der Waals surface area contributed by atoms with Gasteiger partial charge in [0.25, 0.3) is 0 Å². The second-order valence-electron chi connectivity index (χ2n) is 4.04. The van der Waals surface area contributed by atoms with E-state index in [1.807, 2.05) is 0 Å². The van der Waals surface area contributed by atoms with Crippen LogP contribution in [-0.4, -0.2) is 7.11 Å². The lowest BCUT2D eigenvalue weighted by molar-refractivity contribution is -0.138. The van der Waals surface area contributed by atoms with Crippen molar-refractivity contribution in [1.82, 2.24) is 0 Å². The molecule has 0 unspecified atom stereocenters. The van der Waals surface area contributed by atoms with Crippen molar-refractivity contribution in [3.63, 3.8) is 0 Å². The summed E-state index contributed by atoms with van der Waals surface area (Å²) in [4.78, 5) is 0. The number of alkyl halides is 3. The van der Waals surface area contributed by atoms with Gasteiger partial charge in [0.2, 0.25) is 0 Å². The molecule has 7 heteroatoms. The van der Waals surface area contributed by atoms with Crippen LogP contribution in [0.5, 0.6) is 17.2 Å². The van der Waals surface area contributed by atoms with Crippen molar-refractivity contribution in [1.29, 1.82) is 0 Å². The van der Waals surface area contributed by atoms with Crippen LogP contribution >= 0.6 is 0 Å². The molecule has 2 rings (SSSR count). The molecular weight excluding hydrogens is 295 g/mol. The maximum Gasteiger partial charge on any atom is 0.416 e. The normalized spacial score (nSPS) is 11.3. The molecule has 0 saturated carbocycles. The summed E-state index contributed by atoms with van der Waals surface area (Å²) in [5, 5.41) is 0. The number of rotatable bonds is 3. The molecule has 0 atom stereocenters. The molecule has 0 aromatic heterocycles. The topological polar surface area (TPSA) is 18.5 Å². The number of methoxy groups -OCH3 is 1. The first-order chi connectivity index (χ1) is 9.81. The van der Waals surface area contributed by atoms with E-state index in [2.05, 4.69) is 0 Å². The molecule has 0 amide bonds. The van der Waals surface area contributed by atoms with Gasteiger partial charge < -0.3 is 9.47 Å². The van der Waals surface area contributed by atoms with Gasteiger partial charge in [-0.3, -0.25) is 0 Å². The van der Waals surface area contributed by atoms with Crippen molar-refractivity contribution < 1.29 is 31.4 Å². The van der Waals surface area contributed by atoms with Gasteiger partial charge in [-0.1, -0.05) is 0 Å². The van der Waals surface area contributed by atoms with Gasteiger partial charge in [0.15, 0.2) is 17.4 Å². The van der Waals surface area contributed by atoms with Crippen LogP contribution in [0.4, 0.5) is 22.0 Å². The first kappa shape index (κ1) is 15.1. The van der Waals surface area contributed by atoms with Gasteiger partial charge in [-0.15, -0.1) is 0 Å². The minimum atomic E-state index is -4.83. The third kappa shape index (κ3) is 3.42. The van der Waals surface area contributed by atoms with E-state index in [1.54, 1.807) is 0 Å². The zero-order valence-electron chi connectivity index (χ0n) is 10.7. The fourth-order valence-corrected chi connectivity index (χ4v) is 1.58. The van der Waals surface area contributed by atoms with Crippen LogP contribution in [0.1, 0.15) is 5.56 Å². The van der Waals surface area contributed by atoms with Gasteiger partial charge in [-0.2, -0.15) is 13.2 Å². The molecular formula is C14H9F5O2. The van der Waals surface area contributed by atoms with Gasteiger partial charge in [0, 0.05) is 0 Å². The number of hydrogen-bond acceptors (Lipinski definition) is 2. The average Bonchev–Trinajstić information content (AvgIpc) is 2.42. The molecule has 0 heterocycles. The highest BCUT2D eigenvalue weighted by atomic mass is 19.4. The van der Waals surface area contributed by atoms with Gasteiger partial charge in [0.05, 0.1) is 12.7 Å². The lowest BCUT2D eigenvalue weighted by Gasteiger charge is -2.12. The molecule has 0 aliphatic carbocycles. The molecule has 2 aromatic rings. The van der Waals surface area contributed by atoms with E-state index in [0.29, 0.717) is 5.75 Å². The second-order valence-corrected chi connectivity index (χ2v) is 4.04. The molecule has 0 bridgehead atoms. The van der Waals surface area contributed by atoms with Crippen molar-refractivity contribution in [2.45, 2.75) is 6.18 Å². The largest absolute Gasteiger partial charge is 0.497 e. The second kappa shape index (κ2) is 5.59. The molecule has 0 radical (unpaired) electrons. The van der Waals surface area contributed by atoms with E-state index in [-0.39, 0.29) is 17.9 Å². The summed E-state index contributed by atoms with van der Waals surface area (Å²) in [7, 11) is 1.44. The fraction of sp³-hybridized carbons (Fsp3) is 0.143. The van der Waals surface area contributed by atoms with E-state index < -0.39 is 29.1 Å². The molecule has 2 aromatic carbocycles. The highest BCUT2D eigenvalue weighted by Crippen LogP contribution is 2.35. The molecule has 112 valence electrons. The predicted octanol–water partition coefficient (Wildman–Crippen LogP) is 4.78. The quantitative estimate of drug-likeness (QED) is 0.759. The summed E-state index contributed by atoms with van der Waals surface area (Å²) in [6.07, 6.45) is -4.83. The Kier molecular flexibility index (Phi) is 4.02. The van der Waals surface area contributed by atoms with Gasteiger partial charge in [0.1, 0.15) is 11.5 Å². The summed E-state index contributed by atoms with van der Waals surface area (Å²) < 4.78 is 74.2. The van der Waals surface area contributed by atoms with Crippen molar-refractivity contribution >= 4 is 0 Å². The Labute approximate surface area is 116 Å². The van der Waals surface area contributed by atoms with E-state index >= 15 is 0 Å². The summed E-state index contributed by atoms with van der Waals surface area (Å²) >= 11 is 0. The predicted molar refractivity (Wildman–Crippen MR) is 64.4 cm³/mol. The van der Waals surface area contributed by atoms with E-state index in [4.69, 9.17) is 9.47 Å². The highest BCUT2D eigenvalue weighted by molar-refractivity contribution is 5.38. The van der Waals surface area contributed by atoms with Gasteiger partial charge >= 0.3 is 6.18 Å². The number of halogens is 5. The molecule has 0 fully saturated rings. The van der Waals surface area contributed by atoms with Crippen LogP contribution in [-0.2, 0) is 6.18 Å². The first-order valence-corrected chi connectivity index (χ1v) is 5.69. The van der Waals surface area contributed by atoms with Gasteiger partial charge in [-0.25, -0.2) is 8.78 Å². The Bertz CT molecular complexity index is 612. The molecule has 0 aliphatic heterocycles. The molecule has 2 nitrogen and oxygen atoms in total. The van der Waals surface area contributed by atoms with Crippen molar-refractivity contribution in [2.75, 3.05) is 7.11 Å². The SMILES string of the molecule is COc1ccc(Oc2c(F)cc(C(F)(F)F)cc2F)cc1. The van der Waals surface area contributed by atoms with Gasteiger partial charge in [-0.05, 0) is 36.4 Å². The molecule has 0 saturated heterocycles. The Hall–Kier alpha value is -2.31. The summed E-state index contributed by atoms with van der Waals surface area (Å²) in [6, 6.07) is 6.07. The standard InChI is InChI=1S/C14H9F5O2/c1-20-9-2-4-10(5-3-9)21-13-11(15)6-8(7-12(13)16)14(17,18)19/h2-7H,1H3. The van der Waals surface area contributed by atoms with Crippen LogP contribution in [0.25, 0.3) is 0 Å². The van der Waals surface area contributed by atoms with Crippen LogP contribution in [0.15, 0.2) is 36.4 Å². The zero-order valence-corrected chi connectivity index (χ0v) is 10.7. The highest BCUT2D eigenvalue weighted by Gasteiger charge is 2.33. The monoisotopic (exact) mass is 304 g/mol.